The van der Waals surface area contributed by atoms with E-state index in [9.17, 15) is 4.79 Å². The molecule has 12 heavy (non-hydrogen) atoms. The molecule has 0 aliphatic carbocycles. The van der Waals surface area contributed by atoms with Crippen LogP contribution in [0.2, 0.25) is 0 Å². The van der Waals surface area contributed by atoms with Crippen molar-refractivity contribution in [2.24, 2.45) is 5.73 Å². The molecule has 0 atom stereocenters. The summed E-state index contributed by atoms with van der Waals surface area (Å²) in [5.74, 6) is 0. The van der Waals surface area contributed by atoms with Gasteiger partial charge in [-0.2, -0.15) is 8.42 Å². The van der Waals surface area contributed by atoms with Gasteiger partial charge < -0.3 is 10.5 Å². The Labute approximate surface area is 70.1 Å². The van der Waals surface area contributed by atoms with Crippen molar-refractivity contribution >= 4 is 16.5 Å². The average Bonchev–Trinajstić information content (AvgIpc) is 1.79. The minimum Gasteiger partial charge on any atom is -0.450 e. The third-order valence-electron chi connectivity index (χ3n) is 0.448. The summed E-state index contributed by atoms with van der Waals surface area (Å²) in [5, 5.41) is 0. The summed E-state index contributed by atoms with van der Waals surface area (Å²) >= 11 is 0. The van der Waals surface area contributed by atoms with Gasteiger partial charge in [0, 0.05) is 0 Å². The molecule has 0 aromatic carbocycles. The normalized spacial score (nSPS) is 9.58. The summed E-state index contributed by atoms with van der Waals surface area (Å²) < 4.78 is 35.9. The number of carbonyl (C=O) groups is 1. The molecule has 7 nitrogen and oxygen atoms in total. The molecule has 0 radical (unpaired) electrons. The zero-order chi connectivity index (χ0) is 10.2. The zero-order valence-corrected chi connectivity index (χ0v) is 7.24. The third-order valence-corrected chi connectivity index (χ3v) is 0.448. The van der Waals surface area contributed by atoms with Crippen LogP contribution in [-0.4, -0.2) is 30.2 Å². The molecule has 0 aromatic heterocycles. The van der Waals surface area contributed by atoms with Crippen molar-refractivity contribution in [1.82, 2.24) is 0 Å². The fourth-order valence-corrected chi connectivity index (χ4v) is 0.203. The van der Waals surface area contributed by atoms with Gasteiger partial charge in [-0.25, -0.2) is 4.79 Å². The Hall–Kier alpha value is -0.860. The Morgan fingerprint density at radius 3 is 1.92 bits per heavy atom. The highest BCUT2D eigenvalue weighted by Gasteiger charge is 1.86. The van der Waals surface area contributed by atoms with Crippen molar-refractivity contribution in [3.8, 4) is 0 Å². The van der Waals surface area contributed by atoms with Crippen LogP contribution in [0.25, 0.3) is 0 Å². The summed E-state index contributed by atoms with van der Waals surface area (Å²) in [6.07, 6.45) is 0.130. The second-order valence-corrected chi connectivity index (χ2v) is 2.51. The number of primary amides is 1. The van der Waals surface area contributed by atoms with Gasteiger partial charge in [-0.3, -0.25) is 9.11 Å². The van der Waals surface area contributed by atoms with Crippen LogP contribution >= 0.6 is 0 Å². The standard InChI is InChI=1S/C4H9NO2.H2O4S/c1-2-3-7-4(5)6;1-5(2,3)4/h2-3H2,1H3,(H2,5,6);(H2,1,2,3,4). The summed E-state index contributed by atoms with van der Waals surface area (Å²) in [4.78, 5) is 9.76. The van der Waals surface area contributed by atoms with Crippen molar-refractivity contribution in [3.63, 3.8) is 0 Å². The van der Waals surface area contributed by atoms with Crippen LogP contribution in [0.3, 0.4) is 0 Å². The Morgan fingerprint density at radius 1 is 1.50 bits per heavy atom. The van der Waals surface area contributed by atoms with E-state index in [4.69, 9.17) is 17.5 Å². The third kappa shape index (κ3) is 61.4. The Bertz CT molecular complexity index is 202. The minimum absolute atomic E-state index is 0.426. The van der Waals surface area contributed by atoms with Crippen LogP contribution in [-0.2, 0) is 15.1 Å². The van der Waals surface area contributed by atoms with E-state index >= 15 is 0 Å². The highest BCUT2D eigenvalue weighted by atomic mass is 32.3. The lowest BCUT2D eigenvalue weighted by Crippen LogP contribution is -2.12. The number of hydrogen-bond donors (Lipinski definition) is 3. The van der Waals surface area contributed by atoms with E-state index in [1.165, 1.54) is 0 Å². The second kappa shape index (κ2) is 6.83. The lowest BCUT2D eigenvalue weighted by Gasteiger charge is -1.93. The molecule has 0 rings (SSSR count). The smallest absolute Gasteiger partial charge is 0.404 e. The summed E-state index contributed by atoms with van der Waals surface area (Å²) in [5.41, 5.74) is 4.62. The van der Waals surface area contributed by atoms with Gasteiger partial charge in [0.2, 0.25) is 0 Å². The van der Waals surface area contributed by atoms with E-state index in [-0.39, 0.29) is 0 Å². The van der Waals surface area contributed by atoms with Gasteiger partial charge >= 0.3 is 16.5 Å². The van der Waals surface area contributed by atoms with Crippen molar-refractivity contribution in [2.75, 3.05) is 6.61 Å². The molecule has 0 aromatic rings. The fraction of sp³-hybridized carbons (Fsp3) is 0.750. The van der Waals surface area contributed by atoms with Crippen molar-refractivity contribution < 1.29 is 27.1 Å². The van der Waals surface area contributed by atoms with Gasteiger partial charge in [-0.05, 0) is 6.42 Å². The van der Waals surface area contributed by atoms with Crippen LogP contribution in [0.4, 0.5) is 4.79 Å². The summed E-state index contributed by atoms with van der Waals surface area (Å²) in [6, 6.07) is 0. The first-order valence-electron chi connectivity index (χ1n) is 2.89. The van der Waals surface area contributed by atoms with E-state index in [2.05, 4.69) is 10.5 Å². The predicted molar refractivity (Wildman–Crippen MR) is 40.0 cm³/mol. The lowest BCUT2D eigenvalue weighted by molar-refractivity contribution is 0.157. The van der Waals surface area contributed by atoms with Gasteiger partial charge in [-0.1, -0.05) is 6.92 Å². The number of rotatable bonds is 2. The molecule has 0 spiro atoms. The molecule has 8 heteroatoms. The molecule has 0 bridgehead atoms. The van der Waals surface area contributed by atoms with Crippen LogP contribution in [0.15, 0.2) is 0 Å². The first kappa shape index (κ1) is 13.7. The largest absolute Gasteiger partial charge is 0.450 e. The van der Waals surface area contributed by atoms with E-state index in [1.54, 1.807) is 0 Å². The Kier molecular flexibility index (Phi) is 7.80. The molecule has 1 amide bonds. The molecule has 74 valence electrons. The van der Waals surface area contributed by atoms with Crippen molar-refractivity contribution in [2.45, 2.75) is 13.3 Å². The molecule has 0 aliphatic heterocycles. The maximum Gasteiger partial charge on any atom is 0.404 e. The fourth-order valence-electron chi connectivity index (χ4n) is 0.203. The van der Waals surface area contributed by atoms with Crippen molar-refractivity contribution in [3.05, 3.63) is 0 Å². The van der Waals surface area contributed by atoms with E-state index in [1.807, 2.05) is 6.92 Å². The molecule has 0 aliphatic rings. The number of amides is 1. The molecule has 0 heterocycles. The number of nitrogens with two attached hydrogens (primary N) is 1. The van der Waals surface area contributed by atoms with Gasteiger partial charge in [-0.15, -0.1) is 0 Å². The molecule has 4 N–H and O–H groups in total. The highest BCUT2D eigenvalue weighted by molar-refractivity contribution is 7.79. The summed E-state index contributed by atoms with van der Waals surface area (Å²) in [7, 11) is -4.67. The first-order valence-corrected chi connectivity index (χ1v) is 4.29. The number of carbonyl (C=O) groups excluding carboxylic acids is 1. The Morgan fingerprint density at radius 2 is 1.83 bits per heavy atom. The molecule has 0 saturated heterocycles. The predicted octanol–water partition coefficient (Wildman–Crippen LogP) is -0.161. The molecular weight excluding hydrogens is 190 g/mol. The average molecular weight is 201 g/mol. The van der Waals surface area contributed by atoms with E-state index in [0.29, 0.717) is 6.61 Å². The maximum atomic E-state index is 9.76. The maximum absolute atomic E-state index is 9.76. The second-order valence-electron chi connectivity index (χ2n) is 1.62. The molecular formula is C4H11NO6S. The highest BCUT2D eigenvalue weighted by Crippen LogP contribution is 1.76. The first-order chi connectivity index (χ1) is 5.27. The SMILES string of the molecule is CCCOC(N)=O.O=S(=O)(O)O. The zero-order valence-electron chi connectivity index (χ0n) is 6.43. The minimum atomic E-state index is -4.67. The van der Waals surface area contributed by atoms with Gasteiger partial charge in [0.25, 0.3) is 0 Å². The molecule has 0 fully saturated rings. The number of ether oxygens (including phenoxy) is 1. The van der Waals surface area contributed by atoms with Crippen LogP contribution in [0.1, 0.15) is 13.3 Å². The lowest BCUT2D eigenvalue weighted by atomic mass is 10.5. The van der Waals surface area contributed by atoms with Crippen LogP contribution in [0, 0.1) is 0 Å². The quantitative estimate of drug-likeness (QED) is 0.532. The monoisotopic (exact) mass is 201 g/mol. The van der Waals surface area contributed by atoms with Crippen LogP contribution < -0.4 is 5.73 Å². The van der Waals surface area contributed by atoms with Crippen LogP contribution in [0.5, 0.6) is 0 Å². The van der Waals surface area contributed by atoms with Gasteiger partial charge in [0.15, 0.2) is 0 Å². The number of hydrogen-bond acceptors (Lipinski definition) is 4. The van der Waals surface area contributed by atoms with Gasteiger partial charge in [0.05, 0.1) is 6.61 Å². The van der Waals surface area contributed by atoms with E-state index < -0.39 is 16.5 Å². The summed E-state index contributed by atoms with van der Waals surface area (Å²) in [6.45, 7) is 2.33. The molecule has 0 saturated carbocycles. The molecule has 0 unspecified atom stereocenters. The van der Waals surface area contributed by atoms with Crippen molar-refractivity contribution in [1.29, 1.82) is 0 Å². The Balaban J connectivity index is 0. The topological polar surface area (TPSA) is 127 Å². The van der Waals surface area contributed by atoms with Gasteiger partial charge in [0.1, 0.15) is 0 Å². The van der Waals surface area contributed by atoms with E-state index in [0.717, 1.165) is 6.42 Å².